The second-order valence-corrected chi connectivity index (χ2v) is 5.25. The quantitative estimate of drug-likeness (QED) is 0.716. The summed E-state index contributed by atoms with van der Waals surface area (Å²) in [6.07, 6.45) is 0. The van der Waals surface area contributed by atoms with E-state index in [-0.39, 0.29) is 18.0 Å². The molecule has 0 aliphatic heterocycles. The van der Waals surface area contributed by atoms with Gasteiger partial charge < -0.3 is 9.84 Å². The summed E-state index contributed by atoms with van der Waals surface area (Å²) in [7, 11) is 0. The van der Waals surface area contributed by atoms with Gasteiger partial charge in [-0.15, -0.1) is 5.10 Å². The average molecular weight is 326 g/mol. The molecule has 0 amide bonds. The third-order valence-electron chi connectivity index (χ3n) is 3.34. The van der Waals surface area contributed by atoms with E-state index in [4.69, 9.17) is 9.84 Å². The maximum absolute atomic E-state index is 11.8. The smallest absolute Gasteiger partial charge is 0.325 e. The molecule has 0 saturated heterocycles. The van der Waals surface area contributed by atoms with Gasteiger partial charge in [-0.2, -0.15) is 10.2 Å². The van der Waals surface area contributed by atoms with E-state index >= 15 is 0 Å². The first-order valence-corrected chi connectivity index (χ1v) is 7.15. The molecular weight excluding hydrogens is 312 g/mol. The number of carbonyl (C=O) groups excluding carboxylic acids is 1. The number of carboxylic acids is 1. The first-order chi connectivity index (χ1) is 11.4. The van der Waals surface area contributed by atoms with Crippen molar-refractivity contribution >= 4 is 22.7 Å². The van der Waals surface area contributed by atoms with Gasteiger partial charge in [-0.05, 0) is 31.2 Å². The molecule has 0 saturated carbocycles. The highest BCUT2D eigenvalue weighted by Crippen LogP contribution is 2.27. The van der Waals surface area contributed by atoms with Gasteiger partial charge in [-0.3, -0.25) is 14.3 Å². The third kappa shape index (κ3) is 3.07. The molecule has 0 aliphatic rings. The fourth-order valence-electron chi connectivity index (χ4n) is 2.29. The molecule has 8 heteroatoms. The van der Waals surface area contributed by atoms with Crippen LogP contribution in [0.2, 0.25) is 0 Å². The van der Waals surface area contributed by atoms with E-state index in [2.05, 4.69) is 15.3 Å². The summed E-state index contributed by atoms with van der Waals surface area (Å²) in [6.45, 7) is 2.87. The predicted octanol–water partition coefficient (Wildman–Crippen LogP) is 2.21. The molecule has 2 aromatic heterocycles. The number of aliphatic carboxylic acids is 1. The molecule has 0 fully saturated rings. The van der Waals surface area contributed by atoms with Crippen molar-refractivity contribution in [2.45, 2.75) is 20.4 Å². The van der Waals surface area contributed by atoms with Crippen LogP contribution in [0.1, 0.15) is 23.1 Å². The van der Waals surface area contributed by atoms with Crippen LogP contribution >= 0.6 is 0 Å². The molecule has 1 aromatic carbocycles. The van der Waals surface area contributed by atoms with Gasteiger partial charge in [-0.1, -0.05) is 0 Å². The number of ketones is 1. The summed E-state index contributed by atoms with van der Waals surface area (Å²) in [5, 5.41) is 21.4. The van der Waals surface area contributed by atoms with Crippen LogP contribution in [0.3, 0.4) is 0 Å². The van der Waals surface area contributed by atoms with Gasteiger partial charge in [0, 0.05) is 18.4 Å². The van der Waals surface area contributed by atoms with Gasteiger partial charge in [0.25, 0.3) is 0 Å². The van der Waals surface area contributed by atoms with E-state index in [9.17, 15) is 9.59 Å². The van der Waals surface area contributed by atoms with Crippen molar-refractivity contribution in [1.82, 2.24) is 20.0 Å². The molecule has 0 aliphatic carbocycles. The van der Waals surface area contributed by atoms with E-state index in [0.717, 1.165) is 5.69 Å². The summed E-state index contributed by atoms with van der Waals surface area (Å²) >= 11 is 0. The van der Waals surface area contributed by atoms with E-state index < -0.39 is 5.97 Å². The number of hydrogen-bond acceptors (Lipinski definition) is 6. The Balaban J connectivity index is 2.02. The van der Waals surface area contributed by atoms with E-state index in [0.29, 0.717) is 22.5 Å². The molecule has 0 atom stereocenters. The fraction of sp³-hybridized carbons (Fsp3) is 0.188. The number of rotatable bonds is 5. The van der Waals surface area contributed by atoms with Crippen LogP contribution in [-0.2, 0) is 11.3 Å². The predicted molar refractivity (Wildman–Crippen MR) is 84.2 cm³/mol. The maximum atomic E-state index is 11.8. The largest absolute Gasteiger partial charge is 0.480 e. The second kappa shape index (κ2) is 6.07. The number of nitrogens with zero attached hydrogens (tertiary/aromatic N) is 4. The van der Waals surface area contributed by atoms with Crippen LogP contribution in [0.25, 0.3) is 10.9 Å². The molecule has 2 heterocycles. The van der Waals surface area contributed by atoms with Crippen molar-refractivity contribution < 1.29 is 19.4 Å². The number of aromatic nitrogens is 4. The Labute approximate surface area is 136 Å². The van der Waals surface area contributed by atoms with Gasteiger partial charge >= 0.3 is 5.97 Å². The van der Waals surface area contributed by atoms with Crippen molar-refractivity contribution in [2.75, 3.05) is 0 Å². The van der Waals surface area contributed by atoms with Gasteiger partial charge in [0.1, 0.15) is 18.0 Å². The number of carbonyl (C=O) groups is 2. The highest BCUT2D eigenvalue weighted by Gasteiger charge is 2.16. The molecule has 0 unspecified atom stereocenters. The SMILES string of the molecule is CC(=O)c1nn(CC(=O)O)c2ccc(Oc3ccc(C)nn3)cc12. The van der Waals surface area contributed by atoms with E-state index in [1.165, 1.54) is 11.6 Å². The molecule has 1 N–H and O–H groups in total. The molecular formula is C16H14N4O4. The Hall–Kier alpha value is -3.29. The monoisotopic (exact) mass is 326 g/mol. The van der Waals surface area contributed by atoms with Gasteiger partial charge in [0.05, 0.1) is 11.2 Å². The molecule has 0 bridgehead atoms. The normalized spacial score (nSPS) is 10.8. The number of carboxylic acid groups (broad SMARTS) is 1. The van der Waals surface area contributed by atoms with Crippen LogP contribution < -0.4 is 4.74 Å². The summed E-state index contributed by atoms with van der Waals surface area (Å²) in [4.78, 5) is 22.7. The van der Waals surface area contributed by atoms with Crippen molar-refractivity contribution in [3.63, 3.8) is 0 Å². The Morgan fingerprint density at radius 1 is 1.21 bits per heavy atom. The number of ether oxygens (including phenoxy) is 1. The van der Waals surface area contributed by atoms with E-state index in [1.54, 1.807) is 30.3 Å². The number of aryl methyl sites for hydroxylation is 1. The zero-order chi connectivity index (χ0) is 17.3. The lowest BCUT2D eigenvalue weighted by Gasteiger charge is -2.05. The lowest BCUT2D eigenvalue weighted by Crippen LogP contribution is -2.10. The van der Waals surface area contributed by atoms with Crippen LogP contribution in [-0.4, -0.2) is 36.8 Å². The number of benzene rings is 1. The molecule has 3 rings (SSSR count). The Bertz CT molecular complexity index is 931. The Morgan fingerprint density at radius 2 is 2.00 bits per heavy atom. The summed E-state index contributed by atoms with van der Waals surface area (Å²) in [6, 6.07) is 8.42. The first-order valence-electron chi connectivity index (χ1n) is 7.15. The lowest BCUT2D eigenvalue weighted by molar-refractivity contribution is -0.137. The molecule has 8 nitrogen and oxygen atoms in total. The Kier molecular flexibility index (Phi) is 3.95. The number of hydrogen-bond donors (Lipinski definition) is 1. The minimum absolute atomic E-state index is 0.201. The lowest BCUT2D eigenvalue weighted by atomic mass is 10.1. The Morgan fingerprint density at radius 3 is 2.62 bits per heavy atom. The molecule has 24 heavy (non-hydrogen) atoms. The van der Waals surface area contributed by atoms with Crippen molar-refractivity contribution in [1.29, 1.82) is 0 Å². The zero-order valence-electron chi connectivity index (χ0n) is 13.1. The van der Waals surface area contributed by atoms with Crippen molar-refractivity contribution in [2.24, 2.45) is 0 Å². The maximum Gasteiger partial charge on any atom is 0.325 e. The van der Waals surface area contributed by atoms with Gasteiger partial charge in [-0.25, -0.2) is 0 Å². The fourth-order valence-corrected chi connectivity index (χ4v) is 2.29. The number of Topliss-reactive ketones (excluding diaryl/α,β-unsaturated/α-hetero) is 1. The van der Waals surface area contributed by atoms with Crippen LogP contribution in [0.5, 0.6) is 11.6 Å². The highest BCUT2D eigenvalue weighted by atomic mass is 16.5. The summed E-state index contributed by atoms with van der Waals surface area (Å²) in [5.41, 5.74) is 1.52. The van der Waals surface area contributed by atoms with E-state index in [1.807, 2.05) is 6.92 Å². The molecule has 3 aromatic rings. The summed E-state index contributed by atoms with van der Waals surface area (Å²) in [5.74, 6) is -0.513. The zero-order valence-corrected chi connectivity index (χ0v) is 13.1. The van der Waals surface area contributed by atoms with Crippen LogP contribution in [0.4, 0.5) is 0 Å². The summed E-state index contributed by atoms with van der Waals surface area (Å²) < 4.78 is 6.91. The van der Waals surface area contributed by atoms with Crippen LogP contribution in [0.15, 0.2) is 30.3 Å². The van der Waals surface area contributed by atoms with Crippen LogP contribution in [0, 0.1) is 6.92 Å². The van der Waals surface area contributed by atoms with Crippen molar-refractivity contribution in [3.05, 3.63) is 41.7 Å². The van der Waals surface area contributed by atoms with Crippen molar-refractivity contribution in [3.8, 4) is 11.6 Å². The molecule has 122 valence electrons. The molecule has 0 spiro atoms. The number of fused-ring (bicyclic) bond motifs is 1. The van der Waals surface area contributed by atoms with Gasteiger partial charge in [0.2, 0.25) is 5.88 Å². The standard InChI is InChI=1S/C16H14N4O4/c1-9-3-6-14(18-17-9)24-11-4-5-13-12(7-11)16(10(2)21)19-20(13)8-15(22)23/h3-7H,8H2,1-2H3,(H,22,23). The first kappa shape index (κ1) is 15.6. The average Bonchev–Trinajstić information content (AvgIpc) is 2.87. The minimum Gasteiger partial charge on any atom is -0.480 e. The topological polar surface area (TPSA) is 107 Å². The minimum atomic E-state index is -1.04. The van der Waals surface area contributed by atoms with Gasteiger partial charge in [0.15, 0.2) is 5.78 Å². The second-order valence-electron chi connectivity index (χ2n) is 5.25. The molecule has 0 radical (unpaired) electrons. The highest BCUT2D eigenvalue weighted by molar-refractivity contribution is 6.05. The third-order valence-corrected chi connectivity index (χ3v) is 3.34.